The molecular formula is C19H27ClN2O4. The lowest BCUT2D eigenvalue weighted by molar-refractivity contribution is -0.0155. The molecule has 0 radical (unpaired) electrons. The summed E-state index contributed by atoms with van der Waals surface area (Å²) >= 11 is 5.93. The lowest BCUT2D eigenvalue weighted by atomic mass is 10.1. The van der Waals surface area contributed by atoms with Crippen molar-refractivity contribution in [2.45, 2.75) is 31.5 Å². The van der Waals surface area contributed by atoms with Crippen LogP contribution in [0, 0.1) is 0 Å². The molecule has 1 aromatic rings. The van der Waals surface area contributed by atoms with E-state index >= 15 is 0 Å². The third-order valence-corrected chi connectivity index (χ3v) is 4.92. The Hall–Kier alpha value is -1.34. The first-order valence-corrected chi connectivity index (χ1v) is 9.69. The number of nitrogens with zero attached hydrogens (tertiary/aromatic N) is 1. The molecule has 6 nitrogen and oxygen atoms in total. The van der Waals surface area contributed by atoms with Crippen LogP contribution in [-0.2, 0) is 14.2 Å². The number of morpholine rings is 1. The second-order valence-corrected chi connectivity index (χ2v) is 7.09. The average Bonchev–Trinajstić information content (AvgIpc) is 3.18. The maximum Gasteiger partial charge on any atom is 0.317 e. The second kappa shape index (κ2) is 10.1. The zero-order chi connectivity index (χ0) is 18.2. The van der Waals surface area contributed by atoms with Gasteiger partial charge in [-0.2, -0.15) is 0 Å². The van der Waals surface area contributed by atoms with Gasteiger partial charge in [-0.05, 0) is 37.0 Å². The predicted molar refractivity (Wildman–Crippen MR) is 99.5 cm³/mol. The Kier molecular flexibility index (Phi) is 7.55. The van der Waals surface area contributed by atoms with Crippen LogP contribution >= 0.6 is 11.6 Å². The first kappa shape index (κ1) is 19.4. The smallest absolute Gasteiger partial charge is 0.317 e. The van der Waals surface area contributed by atoms with E-state index in [1.807, 2.05) is 24.3 Å². The van der Waals surface area contributed by atoms with Crippen molar-refractivity contribution in [1.82, 2.24) is 10.2 Å². The molecule has 2 aliphatic rings. The molecule has 2 atom stereocenters. The molecule has 2 aliphatic heterocycles. The molecule has 26 heavy (non-hydrogen) atoms. The molecule has 0 aromatic heterocycles. The third-order valence-electron chi connectivity index (χ3n) is 4.66. The maximum atomic E-state index is 12.3. The summed E-state index contributed by atoms with van der Waals surface area (Å²) in [5.74, 6) is 0. The molecule has 3 rings (SSSR count). The zero-order valence-electron chi connectivity index (χ0n) is 15.0. The molecule has 2 fully saturated rings. The van der Waals surface area contributed by atoms with Gasteiger partial charge in [-0.3, -0.25) is 0 Å². The number of benzene rings is 1. The molecule has 7 heteroatoms. The summed E-state index contributed by atoms with van der Waals surface area (Å²) in [4.78, 5) is 14.1. The van der Waals surface area contributed by atoms with Crippen molar-refractivity contribution >= 4 is 17.6 Å². The summed E-state index contributed by atoms with van der Waals surface area (Å²) in [6.45, 7) is 4.42. The molecule has 144 valence electrons. The van der Waals surface area contributed by atoms with Crippen molar-refractivity contribution < 1.29 is 19.0 Å². The average molecular weight is 383 g/mol. The van der Waals surface area contributed by atoms with Crippen LogP contribution in [0.5, 0.6) is 0 Å². The molecule has 1 N–H and O–H groups in total. The summed E-state index contributed by atoms with van der Waals surface area (Å²) in [5.41, 5.74) is 1.04. The van der Waals surface area contributed by atoms with Crippen LogP contribution in [0.1, 0.15) is 30.9 Å². The van der Waals surface area contributed by atoms with Crippen LogP contribution < -0.4 is 5.32 Å². The molecule has 1 aromatic carbocycles. The fourth-order valence-electron chi connectivity index (χ4n) is 3.18. The van der Waals surface area contributed by atoms with Gasteiger partial charge in [-0.15, -0.1) is 0 Å². The zero-order valence-corrected chi connectivity index (χ0v) is 15.7. The Morgan fingerprint density at radius 1 is 1.27 bits per heavy atom. The SMILES string of the molecule is O=C(NCCCOC[C@H]1CCCO1)N1CCO[C@H](c2ccc(Cl)cc2)C1. The van der Waals surface area contributed by atoms with E-state index in [2.05, 4.69) is 5.32 Å². The largest absolute Gasteiger partial charge is 0.379 e. The molecule has 0 unspecified atom stereocenters. The standard InChI is InChI=1S/C19H27ClN2O4/c20-16-6-4-15(5-7-16)18-13-22(9-12-26-18)19(23)21-8-2-10-24-14-17-3-1-11-25-17/h4-7,17-18H,1-3,8-14H2,(H,21,23)/t17-,18+/m1/s1. The van der Waals surface area contributed by atoms with Gasteiger partial charge in [0, 0.05) is 31.3 Å². The predicted octanol–water partition coefficient (Wildman–Crippen LogP) is 3.01. The van der Waals surface area contributed by atoms with Gasteiger partial charge in [0.05, 0.1) is 25.9 Å². The minimum atomic E-state index is -0.110. The van der Waals surface area contributed by atoms with Crippen LogP contribution in [0.2, 0.25) is 5.02 Å². The van der Waals surface area contributed by atoms with Crippen LogP contribution in [0.4, 0.5) is 4.79 Å². The van der Waals surface area contributed by atoms with Crippen LogP contribution in [0.15, 0.2) is 24.3 Å². The molecule has 0 saturated carbocycles. The summed E-state index contributed by atoms with van der Waals surface area (Å²) in [7, 11) is 0. The highest BCUT2D eigenvalue weighted by atomic mass is 35.5. The van der Waals surface area contributed by atoms with Crippen LogP contribution in [-0.4, -0.2) is 63.1 Å². The van der Waals surface area contributed by atoms with Crippen LogP contribution in [0.3, 0.4) is 0 Å². The minimum Gasteiger partial charge on any atom is -0.379 e. The van der Waals surface area contributed by atoms with Crippen molar-refractivity contribution in [1.29, 1.82) is 0 Å². The molecule has 0 bridgehead atoms. The Morgan fingerprint density at radius 3 is 2.88 bits per heavy atom. The van der Waals surface area contributed by atoms with E-state index in [-0.39, 0.29) is 18.2 Å². The molecule has 2 amide bonds. The monoisotopic (exact) mass is 382 g/mol. The van der Waals surface area contributed by atoms with Gasteiger partial charge in [0.15, 0.2) is 0 Å². The van der Waals surface area contributed by atoms with E-state index < -0.39 is 0 Å². The highest BCUT2D eigenvalue weighted by molar-refractivity contribution is 6.30. The van der Waals surface area contributed by atoms with Crippen molar-refractivity contribution in [3.8, 4) is 0 Å². The highest BCUT2D eigenvalue weighted by Crippen LogP contribution is 2.23. The lowest BCUT2D eigenvalue weighted by Gasteiger charge is -2.33. The quantitative estimate of drug-likeness (QED) is 0.736. The molecule has 2 saturated heterocycles. The van der Waals surface area contributed by atoms with Crippen molar-refractivity contribution in [3.63, 3.8) is 0 Å². The number of urea groups is 1. The molecule has 0 spiro atoms. The third kappa shape index (κ3) is 5.84. The van der Waals surface area contributed by atoms with Gasteiger partial charge >= 0.3 is 6.03 Å². The second-order valence-electron chi connectivity index (χ2n) is 6.65. The Bertz CT molecular complexity index is 563. The van der Waals surface area contributed by atoms with E-state index in [0.717, 1.165) is 31.4 Å². The van der Waals surface area contributed by atoms with Crippen molar-refractivity contribution in [2.24, 2.45) is 0 Å². The van der Waals surface area contributed by atoms with E-state index in [4.69, 9.17) is 25.8 Å². The summed E-state index contributed by atoms with van der Waals surface area (Å²) in [6.07, 6.45) is 3.15. The number of nitrogens with one attached hydrogen (secondary N) is 1. The van der Waals surface area contributed by atoms with E-state index in [0.29, 0.717) is 44.5 Å². The van der Waals surface area contributed by atoms with Gasteiger partial charge in [-0.25, -0.2) is 4.79 Å². The number of hydrogen-bond donors (Lipinski definition) is 1. The highest BCUT2D eigenvalue weighted by Gasteiger charge is 2.25. The Morgan fingerprint density at radius 2 is 2.12 bits per heavy atom. The number of ether oxygens (including phenoxy) is 3. The minimum absolute atomic E-state index is 0.0496. The van der Waals surface area contributed by atoms with Gasteiger partial charge in [0.25, 0.3) is 0 Å². The van der Waals surface area contributed by atoms with E-state index in [9.17, 15) is 4.79 Å². The maximum absolute atomic E-state index is 12.3. The summed E-state index contributed by atoms with van der Waals surface area (Å²) in [6, 6.07) is 7.53. The number of carbonyl (C=O) groups excluding carboxylic acids is 1. The number of amides is 2. The lowest BCUT2D eigenvalue weighted by Crippen LogP contribution is -2.47. The van der Waals surface area contributed by atoms with Gasteiger partial charge in [0.1, 0.15) is 6.10 Å². The summed E-state index contributed by atoms with van der Waals surface area (Å²) < 4.78 is 16.9. The number of hydrogen-bond acceptors (Lipinski definition) is 4. The normalized spacial score (nSPS) is 23.2. The van der Waals surface area contributed by atoms with E-state index in [1.165, 1.54) is 0 Å². The number of rotatable bonds is 7. The van der Waals surface area contributed by atoms with Gasteiger partial charge in [-0.1, -0.05) is 23.7 Å². The van der Waals surface area contributed by atoms with Crippen molar-refractivity contribution in [3.05, 3.63) is 34.9 Å². The molecule has 0 aliphatic carbocycles. The number of halogens is 1. The first-order chi connectivity index (χ1) is 12.7. The fourth-order valence-corrected chi connectivity index (χ4v) is 3.31. The van der Waals surface area contributed by atoms with Gasteiger partial charge in [0.2, 0.25) is 0 Å². The Balaban J connectivity index is 1.32. The summed E-state index contributed by atoms with van der Waals surface area (Å²) in [5, 5.41) is 3.66. The fraction of sp³-hybridized carbons (Fsp3) is 0.632. The van der Waals surface area contributed by atoms with Gasteiger partial charge < -0.3 is 24.4 Å². The first-order valence-electron chi connectivity index (χ1n) is 9.31. The number of carbonyl (C=O) groups is 1. The molecular weight excluding hydrogens is 356 g/mol. The Labute approximate surface area is 159 Å². The molecule has 2 heterocycles. The topological polar surface area (TPSA) is 60.0 Å². The van der Waals surface area contributed by atoms with Crippen LogP contribution in [0.25, 0.3) is 0 Å². The van der Waals surface area contributed by atoms with Crippen molar-refractivity contribution in [2.75, 3.05) is 46.1 Å². The van der Waals surface area contributed by atoms with E-state index in [1.54, 1.807) is 4.90 Å².